The van der Waals surface area contributed by atoms with E-state index in [-0.39, 0.29) is 17.2 Å². The molecular weight excluding hydrogens is 412 g/mol. The van der Waals surface area contributed by atoms with Crippen molar-refractivity contribution < 1.29 is 33.3 Å². The lowest BCUT2D eigenvalue weighted by atomic mass is 9.98. The fraction of sp³-hybridized carbons (Fsp3) is 0.160. The van der Waals surface area contributed by atoms with Gasteiger partial charge >= 0.3 is 11.9 Å². The number of Topliss-reactive ketones (excluding diaryl/α,β-unsaturated/α-hetero) is 1. The Bertz CT molecular complexity index is 1080. The van der Waals surface area contributed by atoms with Crippen LogP contribution in [0.4, 0.5) is 0 Å². The van der Waals surface area contributed by atoms with E-state index in [9.17, 15) is 14.4 Å². The summed E-state index contributed by atoms with van der Waals surface area (Å²) in [6.07, 6.45) is -1.29. The van der Waals surface area contributed by atoms with Gasteiger partial charge in [-0.15, -0.1) is 0 Å². The molecule has 3 aromatic carbocycles. The monoisotopic (exact) mass is 434 g/mol. The molecule has 0 aliphatic rings. The molecule has 7 nitrogen and oxygen atoms in total. The number of rotatable bonds is 8. The predicted octanol–water partition coefficient (Wildman–Crippen LogP) is 4.41. The number of carbonyl (C=O) groups is 3. The van der Waals surface area contributed by atoms with Crippen LogP contribution in [0.5, 0.6) is 17.2 Å². The lowest BCUT2D eigenvalue weighted by molar-refractivity contribution is -0.132. The van der Waals surface area contributed by atoms with Crippen LogP contribution in [0.15, 0.2) is 72.8 Å². The van der Waals surface area contributed by atoms with Crippen molar-refractivity contribution in [1.82, 2.24) is 0 Å². The van der Waals surface area contributed by atoms with E-state index in [0.717, 1.165) is 0 Å². The van der Waals surface area contributed by atoms with Gasteiger partial charge in [-0.2, -0.15) is 0 Å². The van der Waals surface area contributed by atoms with Gasteiger partial charge in [0.15, 0.2) is 17.6 Å². The van der Waals surface area contributed by atoms with Gasteiger partial charge in [-0.05, 0) is 24.3 Å². The van der Waals surface area contributed by atoms with Gasteiger partial charge in [0.2, 0.25) is 11.5 Å². The molecule has 0 radical (unpaired) electrons. The molecule has 32 heavy (non-hydrogen) atoms. The first kappa shape index (κ1) is 22.6. The van der Waals surface area contributed by atoms with Crippen molar-refractivity contribution in [3.8, 4) is 17.2 Å². The second kappa shape index (κ2) is 10.3. The molecule has 164 valence electrons. The first-order chi connectivity index (χ1) is 15.4. The zero-order valence-electron chi connectivity index (χ0n) is 17.9. The van der Waals surface area contributed by atoms with Crippen molar-refractivity contribution >= 4 is 17.7 Å². The van der Waals surface area contributed by atoms with E-state index in [0.29, 0.717) is 16.7 Å². The highest BCUT2D eigenvalue weighted by atomic mass is 16.6. The molecule has 0 aliphatic carbocycles. The molecule has 1 atom stereocenters. The highest BCUT2D eigenvalue weighted by Gasteiger charge is 2.29. The topological polar surface area (TPSA) is 88.1 Å². The third-order valence-electron chi connectivity index (χ3n) is 4.56. The number of hydrogen-bond donors (Lipinski definition) is 0. The van der Waals surface area contributed by atoms with Gasteiger partial charge in [-0.3, -0.25) is 9.59 Å². The van der Waals surface area contributed by atoms with E-state index >= 15 is 0 Å². The summed E-state index contributed by atoms with van der Waals surface area (Å²) < 4.78 is 21.5. The molecule has 0 amide bonds. The first-order valence-corrected chi connectivity index (χ1v) is 9.74. The van der Waals surface area contributed by atoms with Gasteiger partial charge in [0.05, 0.1) is 19.8 Å². The maximum atomic E-state index is 13.3. The Balaban J connectivity index is 2.09. The molecule has 0 aliphatic heterocycles. The van der Waals surface area contributed by atoms with Gasteiger partial charge < -0.3 is 18.9 Å². The Morgan fingerprint density at radius 1 is 0.750 bits per heavy atom. The van der Waals surface area contributed by atoms with Crippen molar-refractivity contribution in [3.05, 3.63) is 89.5 Å². The molecule has 1 unspecified atom stereocenters. The molecule has 0 saturated carbocycles. The van der Waals surface area contributed by atoms with Crippen LogP contribution >= 0.6 is 0 Å². The van der Waals surface area contributed by atoms with E-state index in [1.165, 1.54) is 33.3 Å². The largest absolute Gasteiger partial charge is 0.493 e. The number of ether oxygens (including phenoxy) is 4. The van der Waals surface area contributed by atoms with Crippen LogP contribution in [-0.4, -0.2) is 31.9 Å². The highest BCUT2D eigenvalue weighted by molar-refractivity contribution is 6.02. The smallest absolute Gasteiger partial charge is 0.339 e. The van der Waals surface area contributed by atoms with E-state index in [1.54, 1.807) is 60.7 Å². The van der Waals surface area contributed by atoms with Gasteiger partial charge in [0.25, 0.3) is 0 Å². The summed E-state index contributed by atoms with van der Waals surface area (Å²) in [4.78, 5) is 37.6. The molecule has 0 saturated heterocycles. The molecule has 3 aromatic rings. The van der Waals surface area contributed by atoms with Gasteiger partial charge in [0.1, 0.15) is 0 Å². The Kier molecular flexibility index (Phi) is 7.23. The number of hydrogen-bond acceptors (Lipinski definition) is 7. The molecule has 0 N–H and O–H groups in total. The molecule has 0 heterocycles. The van der Waals surface area contributed by atoms with E-state index in [2.05, 4.69) is 0 Å². The summed E-state index contributed by atoms with van der Waals surface area (Å²) >= 11 is 0. The molecule has 0 fully saturated rings. The molecule has 0 spiro atoms. The van der Waals surface area contributed by atoms with E-state index in [1.807, 2.05) is 0 Å². The van der Waals surface area contributed by atoms with Crippen LogP contribution in [0.1, 0.15) is 39.3 Å². The summed E-state index contributed by atoms with van der Waals surface area (Å²) in [5.41, 5.74) is 0.960. The molecule has 0 bridgehead atoms. The quantitative estimate of drug-likeness (QED) is 0.295. The second-order valence-corrected chi connectivity index (χ2v) is 6.73. The first-order valence-electron chi connectivity index (χ1n) is 9.74. The number of carbonyl (C=O) groups excluding carboxylic acids is 3. The Morgan fingerprint density at radius 3 is 1.72 bits per heavy atom. The van der Waals surface area contributed by atoms with Crippen LogP contribution in [0, 0.1) is 0 Å². The summed E-state index contributed by atoms with van der Waals surface area (Å²) in [5.74, 6) is -1.30. The van der Waals surface area contributed by atoms with Gasteiger partial charge in [-0.25, -0.2) is 4.79 Å². The van der Waals surface area contributed by atoms with Crippen LogP contribution in [0.2, 0.25) is 0 Å². The fourth-order valence-electron chi connectivity index (χ4n) is 3.07. The SMILES string of the molecule is COc1cc(C(OC(=O)c2ccccc2)C(=O)c2ccccc2)cc(OC)c1OC(C)=O. The number of ketones is 1. The summed E-state index contributed by atoms with van der Waals surface area (Å²) in [7, 11) is 2.77. The number of esters is 2. The van der Waals surface area contributed by atoms with Gasteiger partial charge in [0, 0.05) is 18.1 Å². The van der Waals surface area contributed by atoms with Crippen molar-refractivity contribution in [2.75, 3.05) is 14.2 Å². The molecular formula is C25H22O7. The Hall–Kier alpha value is -4.13. The van der Waals surface area contributed by atoms with Crippen molar-refractivity contribution in [1.29, 1.82) is 0 Å². The Morgan fingerprint density at radius 2 is 1.25 bits per heavy atom. The van der Waals surface area contributed by atoms with E-state index < -0.39 is 23.8 Å². The highest BCUT2D eigenvalue weighted by Crippen LogP contribution is 2.41. The van der Waals surface area contributed by atoms with Crippen LogP contribution in [-0.2, 0) is 9.53 Å². The van der Waals surface area contributed by atoms with Crippen LogP contribution in [0.3, 0.4) is 0 Å². The van der Waals surface area contributed by atoms with Gasteiger partial charge in [-0.1, -0.05) is 48.5 Å². The lowest BCUT2D eigenvalue weighted by Gasteiger charge is -2.20. The predicted molar refractivity (Wildman–Crippen MR) is 116 cm³/mol. The average Bonchev–Trinajstić information content (AvgIpc) is 2.82. The lowest BCUT2D eigenvalue weighted by Crippen LogP contribution is -2.20. The van der Waals surface area contributed by atoms with E-state index in [4.69, 9.17) is 18.9 Å². The average molecular weight is 434 g/mol. The van der Waals surface area contributed by atoms with Crippen LogP contribution < -0.4 is 14.2 Å². The second-order valence-electron chi connectivity index (χ2n) is 6.73. The number of benzene rings is 3. The number of methoxy groups -OCH3 is 2. The maximum absolute atomic E-state index is 13.3. The third-order valence-corrected chi connectivity index (χ3v) is 4.56. The molecule has 0 aromatic heterocycles. The zero-order valence-corrected chi connectivity index (χ0v) is 17.9. The third kappa shape index (κ3) is 5.13. The maximum Gasteiger partial charge on any atom is 0.339 e. The minimum Gasteiger partial charge on any atom is -0.493 e. The van der Waals surface area contributed by atoms with Crippen molar-refractivity contribution in [3.63, 3.8) is 0 Å². The summed E-state index contributed by atoms with van der Waals surface area (Å²) in [6, 6.07) is 19.8. The van der Waals surface area contributed by atoms with Crippen LogP contribution in [0.25, 0.3) is 0 Å². The Labute approximate surface area is 185 Å². The zero-order chi connectivity index (χ0) is 23.1. The standard InChI is InChI=1S/C25H22O7/c1-16(26)31-24-20(29-2)14-19(15-21(24)30-3)23(22(27)17-10-6-4-7-11-17)32-25(28)18-12-8-5-9-13-18/h4-15,23H,1-3H3. The minimum absolute atomic E-state index is 0.0616. The fourth-order valence-corrected chi connectivity index (χ4v) is 3.07. The van der Waals surface area contributed by atoms with Crippen molar-refractivity contribution in [2.45, 2.75) is 13.0 Å². The molecule has 3 rings (SSSR count). The van der Waals surface area contributed by atoms with Crippen molar-refractivity contribution in [2.24, 2.45) is 0 Å². The molecule has 7 heteroatoms. The summed E-state index contributed by atoms with van der Waals surface area (Å²) in [5, 5.41) is 0. The summed E-state index contributed by atoms with van der Waals surface area (Å²) in [6.45, 7) is 1.25. The normalized spacial score (nSPS) is 11.2. The minimum atomic E-state index is -1.29.